The summed E-state index contributed by atoms with van der Waals surface area (Å²) in [6.45, 7) is 0.482. The van der Waals surface area contributed by atoms with Gasteiger partial charge in [0.15, 0.2) is 5.82 Å². The van der Waals surface area contributed by atoms with Crippen LogP contribution in [0.5, 0.6) is 0 Å². The second-order valence-electron chi connectivity index (χ2n) is 3.24. The van der Waals surface area contributed by atoms with Gasteiger partial charge in [-0.2, -0.15) is 4.98 Å². The van der Waals surface area contributed by atoms with Gasteiger partial charge in [0, 0.05) is 11.4 Å². The summed E-state index contributed by atoms with van der Waals surface area (Å²) in [5, 5.41) is 3.14. The van der Waals surface area contributed by atoms with E-state index in [-0.39, 0.29) is 5.95 Å². The summed E-state index contributed by atoms with van der Waals surface area (Å²) in [6, 6.07) is 7.46. The molecule has 0 aliphatic carbocycles. The van der Waals surface area contributed by atoms with Crippen LogP contribution in [0, 0.1) is 0 Å². The Morgan fingerprint density at radius 1 is 1.19 bits per heavy atom. The fourth-order valence-electron chi connectivity index (χ4n) is 1.26. The highest BCUT2D eigenvalue weighted by Crippen LogP contribution is 2.12. The number of aromatic nitrogens is 3. The van der Waals surface area contributed by atoms with Crippen molar-refractivity contribution in [3.8, 4) is 0 Å². The average Bonchev–Trinajstić information content (AvgIpc) is 2.27. The lowest BCUT2D eigenvalue weighted by atomic mass is 10.3. The van der Waals surface area contributed by atoms with E-state index in [1.54, 1.807) is 0 Å². The van der Waals surface area contributed by atoms with Crippen LogP contribution in [0.1, 0.15) is 5.82 Å². The molecule has 6 heteroatoms. The molecule has 2 rings (SSSR count). The quantitative estimate of drug-likeness (QED) is 0.651. The lowest BCUT2D eigenvalue weighted by molar-refractivity contribution is 0.914. The zero-order chi connectivity index (χ0) is 11.4. The number of nitrogens with one attached hydrogen (secondary N) is 1. The van der Waals surface area contributed by atoms with Crippen molar-refractivity contribution in [3.05, 3.63) is 36.4 Å². The van der Waals surface area contributed by atoms with Gasteiger partial charge in [-0.1, -0.05) is 6.07 Å². The summed E-state index contributed by atoms with van der Waals surface area (Å²) in [7, 11) is 0. The predicted molar refractivity (Wildman–Crippen MR) is 62.4 cm³/mol. The van der Waals surface area contributed by atoms with Gasteiger partial charge in [0.05, 0.1) is 6.54 Å². The molecule has 2 aromatic rings. The molecular weight excluding hydrogens is 204 g/mol. The summed E-state index contributed by atoms with van der Waals surface area (Å²) in [4.78, 5) is 11.7. The van der Waals surface area contributed by atoms with Crippen LogP contribution in [-0.2, 0) is 6.54 Å². The van der Waals surface area contributed by atoms with Gasteiger partial charge in [-0.25, -0.2) is 9.97 Å². The fourth-order valence-corrected chi connectivity index (χ4v) is 1.26. The number of anilines is 3. The van der Waals surface area contributed by atoms with Crippen LogP contribution in [0.25, 0.3) is 0 Å². The lowest BCUT2D eigenvalue weighted by Gasteiger charge is -2.05. The molecule has 1 heterocycles. The number of benzene rings is 1. The van der Waals surface area contributed by atoms with Crippen LogP contribution in [-0.4, -0.2) is 15.0 Å². The van der Waals surface area contributed by atoms with Gasteiger partial charge in [0.1, 0.15) is 6.33 Å². The monoisotopic (exact) mass is 216 g/mol. The molecule has 0 amide bonds. The summed E-state index contributed by atoms with van der Waals surface area (Å²) >= 11 is 0. The van der Waals surface area contributed by atoms with E-state index in [9.17, 15) is 0 Å². The van der Waals surface area contributed by atoms with Crippen LogP contribution in [0.4, 0.5) is 17.3 Å². The van der Waals surface area contributed by atoms with Crippen molar-refractivity contribution >= 4 is 17.3 Å². The van der Waals surface area contributed by atoms with Crippen LogP contribution in [0.15, 0.2) is 30.6 Å². The Balaban J connectivity index is 2.02. The maximum atomic E-state index is 5.65. The molecule has 0 spiro atoms. The summed E-state index contributed by atoms with van der Waals surface area (Å²) in [5.41, 5.74) is 12.7. The molecule has 82 valence electrons. The van der Waals surface area contributed by atoms with Gasteiger partial charge in [-0.3, -0.25) is 0 Å². The molecule has 0 atom stereocenters. The van der Waals surface area contributed by atoms with E-state index in [1.165, 1.54) is 6.33 Å². The first-order chi connectivity index (χ1) is 7.74. The van der Waals surface area contributed by atoms with E-state index in [2.05, 4.69) is 20.3 Å². The second-order valence-corrected chi connectivity index (χ2v) is 3.24. The molecular formula is C10H12N6. The van der Waals surface area contributed by atoms with E-state index >= 15 is 0 Å². The third kappa shape index (κ3) is 2.57. The standard InChI is InChI=1S/C10H12N6/c11-7-2-1-3-8(4-7)13-5-9-14-6-15-10(12)16-9/h1-4,6,13H,5,11H2,(H2,12,14,15,16). The van der Waals surface area contributed by atoms with E-state index in [0.717, 1.165) is 5.69 Å². The molecule has 0 fully saturated rings. The largest absolute Gasteiger partial charge is 0.399 e. The van der Waals surface area contributed by atoms with Crippen LogP contribution < -0.4 is 16.8 Å². The molecule has 0 saturated carbocycles. The van der Waals surface area contributed by atoms with Crippen molar-refractivity contribution in [1.29, 1.82) is 0 Å². The number of nitrogens with zero attached hydrogens (tertiary/aromatic N) is 3. The van der Waals surface area contributed by atoms with Crippen molar-refractivity contribution in [3.63, 3.8) is 0 Å². The Kier molecular flexibility index (Phi) is 2.81. The van der Waals surface area contributed by atoms with Gasteiger partial charge in [0.25, 0.3) is 0 Å². The zero-order valence-electron chi connectivity index (χ0n) is 8.59. The normalized spacial score (nSPS) is 10.0. The predicted octanol–water partition coefficient (Wildman–Crippen LogP) is 0.648. The Morgan fingerprint density at radius 2 is 2.06 bits per heavy atom. The number of nitrogen functional groups attached to an aromatic ring is 2. The summed E-state index contributed by atoms with van der Waals surface area (Å²) in [5.74, 6) is 0.814. The number of nitrogens with two attached hydrogens (primary N) is 2. The highest BCUT2D eigenvalue weighted by molar-refractivity contribution is 5.53. The molecule has 0 saturated heterocycles. The Morgan fingerprint density at radius 3 is 2.81 bits per heavy atom. The number of hydrogen-bond donors (Lipinski definition) is 3. The van der Waals surface area contributed by atoms with Gasteiger partial charge in [-0.15, -0.1) is 0 Å². The summed E-state index contributed by atoms with van der Waals surface area (Å²) in [6.07, 6.45) is 1.39. The third-order valence-corrected chi connectivity index (χ3v) is 1.98. The molecule has 0 bridgehead atoms. The molecule has 0 aliphatic heterocycles. The minimum Gasteiger partial charge on any atom is -0.399 e. The van der Waals surface area contributed by atoms with E-state index < -0.39 is 0 Å². The first-order valence-electron chi connectivity index (χ1n) is 4.77. The zero-order valence-corrected chi connectivity index (χ0v) is 8.59. The summed E-state index contributed by atoms with van der Waals surface area (Å²) < 4.78 is 0. The van der Waals surface area contributed by atoms with E-state index in [4.69, 9.17) is 11.5 Å². The molecule has 5 N–H and O–H groups in total. The van der Waals surface area contributed by atoms with Crippen molar-refractivity contribution < 1.29 is 0 Å². The Bertz CT molecular complexity index is 439. The molecule has 0 aliphatic rings. The van der Waals surface area contributed by atoms with Crippen LogP contribution in [0.3, 0.4) is 0 Å². The van der Waals surface area contributed by atoms with Gasteiger partial charge < -0.3 is 16.8 Å². The first kappa shape index (κ1) is 10.2. The Labute approximate surface area is 92.7 Å². The molecule has 1 aromatic carbocycles. The van der Waals surface area contributed by atoms with Gasteiger partial charge >= 0.3 is 0 Å². The molecule has 6 nitrogen and oxygen atoms in total. The topological polar surface area (TPSA) is 103 Å². The number of rotatable bonds is 3. The molecule has 0 unspecified atom stereocenters. The minimum absolute atomic E-state index is 0.222. The van der Waals surface area contributed by atoms with E-state index in [1.807, 2.05) is 24.3 Å². The van der Waals surface area contributed by atoms with Crippen molar-refractivity contribution in [2.75, 3.05) is 16.8 Å². The first-order valence-corrected chi connectivity index (χ1v) is 4.77. The van der Waals surface area contributed by atoms with Crippen molar-refractivity contribution in [2.24, 2.45) is 0 Å². The maximum Gasteiger partial charge on any atom is 0.223 e. The van der Waals surface area contributed by atoms with Crippen molar-refractivity contribution in [1.82, 2.24) is 15.0 Å². The number of hydrogen-bond acceptors (Lipinski definition) is 6. The van der Waals surface area contributed by atoms with Gasteiger partial charge in [0.2, 0.25) is 5.95 Å². The SMILES string of the molecule is Nc1cccc(NCc2ncnc(N)n2)c1. The minimum atomic E-state index is 0.222. The fraction of sp³-hybridized carbons (Fsp3) is 0.100. The highest BCUT2D eigenvalue weighted by atomic mass is 15.1. The lowest BCUT2D eigenvalue weighted by Crippen LogP contribution is -2.07. The highest BCUT2D eigenvalue weighted by Gasteiger charge is 1.98. The average molecular weight is 216 g/mol. The van der Waals surface area contributed by atoms with Crippen molar-refractivity contribution in [2.45, 2.75) is 6.54 Å². The third-order valence-electron chi connectivity index (χ3n) is 1.98. The van der Waals surface area contributed by atoms with Crippen LogP contribution in [0.2, 0.25) is 0 Å². The second kappa shape index (κ2) is 4.43. The molecule has 0 radical (unpaired) electrons. The van der Waals surface area contributed by atoms with Gasteiger partial charge in [-0.05, 0) is 18.2 Å². The maximum absolute atomic E-state index is 5.65. The van der Waals surface area contributed by atoms with Crippen LogP contribution >= 0.6 is 0 Å². The van der Waals surface area contributed by atoms with E-state index in [0.29, 0.717) is 18.1 Å². The molecule has 16 heavy (non-hydrogen) atoms. The smallest absolute Gasteiger partial charge is 0.223 e. The molecule has 1 aromatic heterocycles. The Hall–Kier alpha value is -2.37.